The Labute approximate surface area is 390 Å². The predicted molar refractivity (Wildman–Crippen MR) is 260 cm³/mol. The summed E-state index contributed by atoms with van der Waals surface area (Å²) in [7, 11) is -5.08. The molecule has 1 rings (SSSR count). The van der Waals surface area contributed by atoms with Crippen molar-refractivity contribution < 1.29 is 53.9 Å². The van der Waals surface area contributed by atoms with Gasteiger partial charge in [0, 0.05) is 6.42 Å². The van der Waals surface area contributed by atoms with Crippen LogP contribution in [0.15, 0.2) is 12.2 Å². The Bertz CT molecular complexity index is 1130. The van der Waals surface area contributed by atoms with Crippen molar-refractivity contribution in [1.82, 2.24) is 5.32 Å². The number of carbonyl (C=O) groups excluding carboxylic acids is 1. The smallest absolute Gasteiger partial charge is 0.387 e. The molecule has 1 fully saturated rings. The lowest BCUT2D eigenvalue weighted by molar-refractivity contribution is -0.220. The van der Waals surface area contributed by atoms with Crippen LogP contribution in [0.4, 0.5) is 0 Å². The number of phosphoric acid groups is 1. The highest BCUT2D eigenvalue weighted by atomic mass is 31.2. The number of nitrogens with one attached hydrogen (secondary N) is 1. The van der Waals surface area contributed by atoms with Gasteiger partial charge in [0.15, 0.2) is 0 Å². The van der Waals surface area contributed by atoms with Crippen LogP contribution in [-0.2, 0) is 18.4 Å². The van der Waals surface area contributed by atoms with E-state index < -0.39 is 63.2 Å². The zero-order valence-electron chi connectivity index (χ0n) is 40.9. The molecule has 0 aromatic heterocycles. The van der Waals surface area contributed by atoms with E-state index in [4.69, 9.17) is 9.05 Å². The molecule has 0 aromatic rings. The molecule has 8 N–H and O–H groups in total. The van der Waals surface area contributed by atoms with Crippen LogP contribution in [0.5, 0.6) is 0 Å². The van der Waals surface area contributed by atoms with Gasteiger partial charge >= 0.3 is 7.82 Å². The summed E-state index contributed by atoms with van der Waals surface area (Å²) in [6.45, 7) is 3.88. The monoisotopic (exact) mass is 934 g/mol. The summed E-state index contributed by atoms with van der Waals surface area (Å²) in [5.41, 5.74) is 0. The number of rotatable bonds is 45. The molecule has 0 radical (unpaired) electrons. The molecule has 1 aliphatic rings. The number of allylic oxidation sites excluding steroid dienone is 1. The average molecular weight is 934 g/mol. The molecule has 1 aliphatic carbocycles. The lowest BCUT2D eigenvalue weighted by Gasteiger charge is -2.41. The minimum Gasteiger partial charge on any atom is -0.387 e. The first-order valence-corrected chi connectivity index (χ1v) is 28.1. The van der Waals surface area contributed by atoms with Gasteiger partial charge in [0.2, 0.25) is 5.91 Å². The van der Waals surface area contributed by atoms with E-state index in [9.17, 15) is 44.9 Å². The van der Waals surface area contributed by atoms with E-state index >= 15 is 0 Å². The van der Waals surface area contributed by atoms with Crippen LogP contribution in [0, 0.1) is 0 Å². The Morgan fingerprint density at radius 2 is 0.828 bits per heavy atom. The molecule has 0 bridgehead atoms. The van der Waals surface area contributed by atoms with Crippen molar-refractivity contribution in [2.45, 2.75) is 300 Å². The Morgan fingerprint density at radius 1 is 0.516 bits per heavy atom. The maximum Gasteiger partial charge on any atom is 0.472 e. The third-order valence-corrected chi connectivity index (χ3v) is 14.1. The second kappa shape index (κ2) is 41.1. The lowest BCUT2D eigenvalue weighted by Crippen LogP contribution is -2.64. The van der Waals surface area contributed by atoms with Crippen molar-refractivity contribution >= 4 is 13.7 Å². The third kappa shape index (κ3) is 31.9. The van der Waals surface area contributed by atoms with Crippen molar-refractivity contribution in [3.05, 3.63) is 12.2 Å². The van der Waals surface area contributed by atoms with Crippen LogP contribution in [0.25, 0.3) is 0 Å². The zero-order valence-corrected chi connectivity index (χ0v) is 41.7. The summed E-state index contributed by atoms with van der Waals surface area (Å²) in [4.78, 5) is 23.5. The average Bonchev–Trinajstić information content (AvgIpc) is 3.28. The Kier molecular flexibility index (Phi) is 39.2. The minimum atomic E-state index is -5.08. The van der Waals surface area contributed by atoms with Gasteiger partial charge in [-0.3, -0.25) is 13.8 Å². The van der Waals surface area contributed by atoms with E-state index in [2.05, 4.69) is 19.2 Å². The molecule has 0 aromatic carbocycles. The molecule has 0 aliphatic heterocycles. The highest BCUT2D eigenvalue weighted by molar-refractivity contribution is 7.47. The van der Waals surface area contributed by atoms with Crippen LogP contribution in [0.1, 0.15) is 251 Å². The zero-order chi connectivity index (χ0) is 47.1. The first-order valence-electron chi connectivity index (χ1n) is 26.6. The lowest BCUT2D eigenvalue weighted by atomic mass is 9.85. The van der Waals surface area contributed by atoms with Crippen LogP contribution in [-0.4, -0.2) is 96.8 Å². The Balaban J connectivity index is 2.39. The normalized spacial score (nSPS) is 22.2. The molecule has 1 amide bonds. The number of hydrogen-bond donors (Lipinski definition) is 8. The van der Waals surface area contributed by atoms with E-state index in [-0.39, 0.29) is 12.3 Å². The molecule has 9 atom stereocenters. The molecular formula is C51H100NO11P. The highest BCUT2D eigenvalue weighted by Crippen LogP contribution is 2.47. The van der Waals surface area contributed by atoms with Gasteiger partial charge in [-0.1, -0.05) is 238 Å². The summed E-state index contributed by atoms with van der Waals surface area (Å²) in [5.74, 6) is -0.335. The van der Waals surface area contributed by atoms with Crippen molar-refractivity contribution in [3.8, 4) is 0 Å². The van der Waals surface area contributed by atoms with E-state index in [1.54, 1.807) is 6.08 Å². The summed E-state index contributed by atoms with van der Waals surface area (Å²) in [6.07, 6.45) is 35.6. The first-order chi connectivity index (χ1) is 30.9. The third-order valence-electron chi connectivity index (χ3n) is 13.1. The van der Waals surface area contributed by atoms with Crippen LogP contribution < -0.4 is 5.32 Å². The van der Waals surface area contributed by atoms with E-state index in [1.807, 2.05) is 6.08 Å². The quantitative estimate of drug-likeness (QED) is 0.0164. The van der Waals surface area contributed by atoms with Gasteiger partial charge < -0.3 is 40.8 Å². The predicted octanol–water partition coefficient (Wildman–Crippen LogP) is 11.2. The fourth-order valence-corrected chi connectivity index (χ4v) is 9.70. The van der Waals surface area contributed by atoms with Gasteiger partial charge in [-0.25, -0.2) is 4.57 Å². The largest absolute Gasteiger partial charge is 0.472 e. The van der Waals surface area contributed by atoms with Gasteiger partial charge in [0.25, 0.3) is 0 Å². The maximum absolute atomic E-state index is 13.0. The molecule has 12 nitrogen and oxygen atoms in total. The Morgan fingerprint density at radius 3 is 1.19 bits per heavy atom. The number of amides is 1. The van der Waals surface area contributed by atoms with Gasteiger partial charge in [0.1, 0.15) is 36.6 Å². The number of phosphoric ester groups is 1. The van der Waals surface area contributed by atoms with Crippen LogP contribution >= 0.6 is 7.82 Å². The topological polar surface area (TPSA) is 206 Å². The van der Waals surface area contributed by atoms with Crippen molar-refractivity contribution in [2.75, 3.05) is 6.61 Å². The number of aliphatic hydroxyl groups is 6. The van der Waals surface area contributed by atoms with Gasteiger partial charge in [0.05, 0.1) is 18.8 Å². The second-order valence-electron chi connectivity index (χ2n) is 19.1. The van der Waals surface area contributed by atoms with E-state index in [0.29, 0.717) is 6.42 Å². The van der Waals surface area contributed by atoms with E-state index in [0.717, 1.165) is 44.9 Å². The van der Waals surface area contributed by atoms with Crippen molar-refractivity contribution in [2.24, 2.45) is 0 Å². The summed E-state index contributed by atoms with van der Waals surface area (Å²) >= 11 is 0. The van der Waals surface area contributed by atoms with Gasteiger partial charge in [-0.2, -0.15) is 0 Å². The minimum absolute atomic E-state index is 0.219. The highest BCUT2D eigenvalue weighted by Gasteiger charge is 2.51. The standard InChI is InChI=1S/C51H100NO11P/c1-3-5-7-9-11-13-15-17-19-21-22-23-24-25-27-29-31-33-35-37-39-41-45(54)52-43(42-62-64(60,61)63-51-49(58)47(56)46(55)48(57)50(51)59)44(53)40-38-36-34-32-30-28-26-20-18-16-14-12-10-8-6-4-2/h38,40,43-44,46-51,53,55-59H,3-37,39,41-42H2,1-2H3,(H,52,54)(H,60,61)/b40-38+/t43-,44+,46?,47+,48?,49?,50?,51?/m0/s1. The van der Waals surface area contributed by atoms with E-state index in [1.165, 1.54) is 180 Å². The number of aliphatic hydroxyl groups excluding tert-OH is 6. The van der Waals surface area contributed by atoms with Crippen LogP contribution in [0.3, 0.4) is 0 Å². The molecule has 1 saturated carbocycles. The maximum atomic E-state index is 13.0. The molecule has 6 unspecified atom stereocenters. The molecule has 0 heterocycles. The second-order valence-corrected chi connectivity index (χ2v) is 20.5. The number of carbonyl (C=O) groups is 1. The summed E-state index contributed by atoms with van der Waals surface area (Å²) in [6, 6.07) is -1.11. The Hall–Kier alpha value is -0.920. The fraction of sp³-hybridized carbons (Fsp3) is 0.941. The van der Waals surface area contributed by atoms with Gasteiger partial charge in [-0.15, -0.1) is 0 Å². The first kappa shape index (κ1) is 61.1. The van der Waals surface area contributed by atoms with Crippen molar-refractivity contribution in [3.63, 3.8) is 0 Å². The fourth-order valence-electron chi connectivity index (χ4n) is 8.73. The number of hydrogen-bond acceptors (Lipinski definition) is 10. The molecule has 0 saturated heterocycles. The molecule has 380 valence electrons. The summed E-state index contributed by atoms with van der Waals surface area (Å²) < 4.78 is 23.0. The number of unbranched alkanes of at least 4 members (excludes halogenated alkanes) is 34. The van der Waals surface area contributed by atoms with Crippen molar-refractivity contribution in [1.29, 1.82) is 0 Å². The summed E-state index contributed by atoms with van der Waals surface area (Å²) in [5, 5.41) is 64.2. The molecule has 64 heavy (non-hydrogen) atoms. The SMILES string of the molecule is CCCCCCCCCCCCCCCC/C=C/[C@@H](O)[C@H](COP(=O)(O)OC1C(O)C(O)C(O)[C@@H](O)C1O)NC(=O)CCCCCCCCCCCCCCCCCCCCCCC. The molecular weight excluding hydrogens is 834 g/mol. The van der Waals surface area contributed by atoms with Crippen LogP contribution in [0.2, 0.25) is 0 Å². The molecule has 13 heteroatoms. The molecule has 0 spiro atoms. The van der Waals surface area contributed by atoms with Gasteiger partial charge in [-0.05, 0) is 19.3 Å².